The Morgan fingerprint density at radius 1 is 1.00 bits per heavy atom. The van der Waals surface area contributed by atoms with E-state index in [-0.39, 0.29) is 17.9 Å². The van der Waals surface area contributed by atoms with Gasteiger partial charge in [-0.2, -0.15) is 0 Å². The zero-order valence-electron chi connectivity index (χ0n) is 17.2. The molecule has 168 valence electrons. The molecule has 9 nitrogen and oxygen atoms in total. The molecule has 3 N–H and O–H groups in total. The van der Waals surface area contributed by atoms with Crippen molar-refractivity contribution in [1.29, 1.82) is 0 Å². The fraction of sp³-hybridized carbons (Fsp3) is 0.409. The zero-order chi connectivity index (χ0) is 22.4. The van der Waals surface area contributed by atoms with Crippen LogP contribution < -0.4 is 9.47 Å². The summed E-state index contributed by atoms with van der Waals surface area (Å²) in [5.74, 6) is 0.0612. The summed E-state index contributed by atoms with van der Waals surface area (Å²) >= 11 is 0. The lowest BCUT2D eigenvalue weighted by Gasteiger charge is -2.39. The average Bonchev–Trinajstić information content (AvgIpc) is 2.81. The summed E-state index contributed by atoms with van der Waals surface area (Å²) in [4.78, 5) is 12.5. The van der Waals surface area contributed by atoms with Crippen molar-refractivity contribution in [2.24, 2.45) is 0 Å². The monoisotopic (exact) mass is 434 g/mol. The van der Waals surface area contributed by atoms with Gasteiger partial charge in [0.25, 0.3) is 0 Å². The largest absolute Gasteiger partial charge is 0.496 e. The van der Waals surface area contributed by atoms with Crippen LogP contribution in [0.1, 0.15) is 15.9 Å². The third kappa shape index (κ3) is 5.52. The Morgan fingerprint density at radius 2 is 1.74 bits per heavy atom. The van der Waals surface area contributed by atoms with Crippen LogP contribution in [0.15, 0.2) is 48.5 Å². The number of aliphatic hydroxyl groups excluding tert-OH is 3. The number of rotatable bonds is 8. The smallest absolute Gasteiger partial charge is 0.342 e. The first-order valence-corrected chi connectivity index (χ1v) is 9.69. The van der Waals surface area contributed by atoms with Crippen molar-refractivity contribution in [2.45, 2.75) is 37.3 Å². The first-order chi connectivity index (χ1) is 14.9. The van der Waals surface area contributed by atoms with E-state index < -0.39 is 36.7 Å². The average molecular weight is 434 g/mol. The van der Waals surface area contributed by atoms with Gasteiger partial charge in [-0.05, 0) is 17.7 Å². The number of methoxy groups -OCH3 is 2. The number of carbonyl (C=O) groups is 1. The Morgan fingerprint density at radius 3 is 2.42 bits per heavy atom. The first-order valence-electron chi connectivity index (χ1n) is 9.69. The number of carbonyl (C=O) groups excluding carboxylic acids is 1. The predicted molar refractivity (Wildman–Crippen MR) is 108 cm³/mol. The molecule has 2 aromatic carbocycles. The molecule has 31 heavy (non-hydrogen) atoms. The van der Waals surface area contributed by atoms with E-state index in [2.05, 4.69) is 0 Å². The van der Waals surface area contributed by atoms with Crippen LogP contribution in [0.4, 0.5) is 0 Å². The minimum absolute atomic E-state index is 0.156. The van der Waals surface area contributed by atoms with Gasteiger partial charge in [-0.1, -0.05) is 30.3 Å². The van der Waals surface area contributed by atoms with E-state index >= 15 is 0 Å². The molecule has 5 atom stereocenters. The van der Waals surface area contributed by atoms with E-state index in [0.29, 0.717) is 12.4 Å². The Labute approximate surface area is 179 Å². The van der Waals surface area contributed by atoms with Crippen LogP contribution in [-0.2, 0) is 20.8 Å². The number of hydrogen-bond donors (Lipinski definition) is 3. The molecular formula is C22H26O9. The zero-order valence-corrected chi connectivity index (χ0v) is 17.2. The second-order valence-electron chi connectivity index (χ2n) is 6.99. The molecule has 0 unspecified atom stereocenters. The molecule has 0 aromatic heterocycles. The van der Waals surface area contributed by atoms with Crippen LogP contribution in [0.2, 0.25) is 0 Å². The molecule has 1 aliphatic rings. The van der Waals surface area contributed by atoms with Gasteiger partial charge in [-0.3, -0.25) is 0 Å². The molecule has 0 amide bonds. The van der Waals surface area contributed by atoms with Gasteiger partial charge in [0, 0.05) is 13.2 Å². The Kier molecular flexibility index (Phi) is 7.83. The molecule has 1 aliphatic heterocycles. The number of esters is 1. The van der Waals surface area contributed by atoms with Gasteiger partial charge in [-0.15, -0.1) is 0 Å². The van der Waals surface area contributed by atoms with Crippen LogP contribution in [0.3, 0.4) is 0 Å². The van der Waals surface area contributed by atoms with Crippen molar-refractivity contribution in [1.82, 2.24) is 0 Å². The van der Waals surface area contributed by atoms with E-state index in [4.69, 9.17) is 23.7 Å². The minimum atomic E-state index is -1.50. The fourth-order valence-electron chi connectivity index (χ4n) is 3.16. The van der Waals surface area contributed by atoms with Gasteiger partial charge >= 0.3 is 5.97 Å². The van der Waals surface area contributed by atoms with Crippen molar-refractivity contribution in [3.63, 3.8) is 0 Å². The molecule has 0 saturated carbocycles. The van der Waals surface area contributed by atoms with Crippen molar-refractivity contribution in [3.8, 4) is 11.5 Å². The highest BCUT2D eigenvalue weighted by Crippen LogP contribution is 2.27. The summed E-state index contributed by atoms with van der Waals surface area (Å²) in [5, 5.41) is 29.8. The van der Waals surface area contributed by atoms with E-state index in [1.54, 1.807) is 12.1 Å². The molecule has 0 radical (unpaired) electrons. The Balaban J connectivity index is 1.62. The van der Waals surface area contributed by atoms with E-state index in [1.165, 1.54) is 20.3 Å². The van der Waals surface area contributed by atoms with Crippen molar-refractivity contribution in [3.05, 3.63) is 59.7 Å². The van der Waals surface area contributed by atoms with Gasteiger partial charge < -0.3 is 39.0 Å². The Bertz CT molecular complexity index is 855. The van der Waals surface area contributed by atoms with Gasteiger partial charge in [0.1, 0.15) is 54.7 Å². The summed E-state index contributed by atoms with van der Waals surface area (Å²) in [7, 11) is 2.70. The third-order valence-electron chi connectivity index (χ3n) is 4.92. The van der Waals surface area contributed by atoms with E-state index in [9.17, 15) is 20.1 Å². The van der Waals surface area contributed by atoms with Gasteiger partial charge in [0.05, 0.1) is 7.11 Å². The highest BCUT2D eigenvalue weighted by atomic mass is 16.7. The molecule has 0 spiro atoms. The van der Waals surface area contributed by atoms with Gasteiger partial charge in [0.2, 0.25) is 0 Å². The van der Waals surface area contributed by atoms with Crippen LogP contribution in [0.5, 0.6) is 11.5 Å². The summed E-state index contributed by atoms with van der Waals surface area (Å²) in [6.07, 6.45) is -6.61. The summed E-state index contributed by atoms with van der Waals surface area (Å²) in [6, 6.07) is 14.3. The van der Waals surface area contributed by atoms with Crippen molar-refractivity contribution in [2.75, 3.05) is 20.8 Å². The van der Waals surface area contributed by atoms with Crippen LogP contribution in [0, 0.1) is 0 Å². The fourth-order valence-corrected chi connectivity index (χ4v) is 3.16. The number of benzene rings is 2. The Hall–Kier alpha value is -2.69. The van der Waals surface area contributed by atoms with E-state index in [1.807, 2.05) is 30.3 Å². The topological polar surface area (TPSA) is 124 Å². The molecule has 1 heterocycles. The molecule has 0 aliphatic carbocycles. The number of ether oxygens (including phenoxy) is 5. The summed E-state index contributed by atoms with van der Waals surface area (Å²) in [6.45, 7) is -0.00140. The lowest BCUT2D eigenvalue weighted by Crippen LogP contribution is -2.59. The first kappa shape index (κ1) is 23.0. The normalized spacial score (nSPS) is 25.6. The summed E-state index contributed by atoms with van der Waals surface area (Å²) < 4.78 is 26.5. The second-order valence-corrected chi connectivity index (χ2v) is 6.99. The molecule has 3 rings (SSSR count). The lowest BCUT2D eigenvalue weighted by atomic mass is 9.99. The van der Waals surface area contributed by atoms with Gasteiger partial charge in [0.15, 0.2) is 6.29 Å². The van der Waals surface area contributed by atoms with Crippen LogP contribution in [-0.4, -0.2) is 72.8 Å². The third-order valence-corrected chi connectivity index (χ3v) is 4.92. The quantitative estimate of drug-likeness (QED) is 0.520. The molecular weight excluding hydrogens is 408 g/mol. The molecule has 9 heteroatoms. The van der Waals surface area contributed by atoms with Crippen LogP contribution >= 0.6 is 0 Å². The van der Waals surface area contributed by atoms with Gasteiger partial charge in [-0.25, -0.2) is 4.79 Å². The predicted octanol–water partition coefficient (Wildman–Crippen LogP) is 0.885. The number of aliphatic hydroxyl groups is 3. The standard InChI is InChI=1S/C22H26O9/c1-27-16-10-14(29-11-13-6-4-3-5-7-13)8-9-15(16)21(26)30-12-17-18(23)19(24)20(25)22(28-2)31-17/h3-10,17-20,22-25H,11-12H2,1-2H3/t17-,18-,19+,20-,22-/m1/s1. The van der Waals surface area contributed by atoms with E-state index in [0.717, 1.165) is 5.56 Å². The lowest BCUT2D eigenvalue weighted by molar-refractivity contribution is -0.294. The SMILES string of the molecule is COc1cc(OCc2ccccc2)ccc1C(=O)OC[C@H]1O[C@@H](OC)[C@H](O)[C@@H](O)[C@@H]1O. The summed E-state index contributed by atoms with van der Waals surface area (Å²) in [5.41, 5.74) is 1.15. The minimum Gasteiger partial charge on any atom is -0.496 e. The highest BCUT2D eigenvalue weighted by Gasteiger charge is 2.44. The van der Waals surface area contributed by atoms with Crippen molar-refractivity contribution >= 4 is 5.97 Å². The van der Waals surface area contributed by atoms with Crippen molar-refractivity contribution < 1.29 is 43.8 Å². The maximum atomic E-state index is 12.5. The maximum absolute atomic E-state index is 12.5. The highest BCUT2D eigenvalue weighted by molar-refractivity contribution is 5.92. The number of hydrogen-bond acceptors (Lipinski definition) is 9. The molecule has 1 saturated heterocycles. The molecule has 0 bridgehead atoms. The van der Waals surface area contributed by atoms with Crippen LogP contribution in [0.25, 0.3) is 0 Å². The molecule has 1 fully saturated rings. The molecule has 2 aromatic rings. The maximum Gasteiger partial charge on any atom is 0.342 e. The second kappa shape index (κ2) is 10.6.